The standard InChI is InChI=1S/C9H14N2O2S.ClH/c1-7(10)9(14(11,12)13)8-5-3-2-4-6-8;/h2-7,9H,10H2,1H3,(H2,11,12,13);1H. The van der Waals surface area contributed by atoms with E-state index in [1.165, 1.54) is 0 Å². The Morgan fingerprint density at radius 2 is 1.67 bits per heavy atom. The number of sulfonamides is 1. The fraction of sp³-hybridized carbons (Fsp3) is 0.333. The molecular formula is C9H15ClN2O2S. The first kappa shape index (κ1) is 14.4. The van der Waals surface area contributed by atoms with E-state index in [0.717, 1.165) is 0 Å². The molecular weight excluding hydrogens is 236 g/mol. The Kier molecular flexibility index (Phi) is 5.23. The zero-order valence-electron chi connectivity index (χ0n) is 8.33. The van der Waals surface area contributed by atoms with Gasteiger partial charge in [0.05, 0.1) is 0 Å². The van der Waals surface area contributed by atoms with Crippen molar-refractivity contribution in [2.75, 3.05) is 0 Å². The summed E-state index contributed by atoms with van der Waals surface area (Å²) < 4.78 is 22.5. The van der Waals surface area contributed by atoms with E-state index in [2.05, 4.69) is 0 Å². The Hall–Kier alpha value is -0.620. The van der Waals surface area contributed by atoms with Crippen LogP contribution in [0.25, 0.3) is 0 Å². The van der Waals surface area contributed by atoms with Gasteiger partial charge in [0.25, 0.3) is 0 Å². The SMILES string of the molecule is CC(N)C(c1ccccc1)S(N)(=O)=O.Cl. The van der Waals surface area contributed by atoms with Crippen LogP contribution in [0, 0.1) is 0 Å². The maximum absolute atomic E-state index is 11.3. The predicted octanol–water partition coefficient (Wildman–Crippen LogP) is 0.785. The first-order valence-corrected chi connectivity index (χ1v) is 5.86. The van der Waals surface area contributed by atoms with Gasteiger partial charge >= 0.3 is 0 Å². The van der Waals surface area contributed by atoms with Crippen LogP contribution in [0.5, 0.6) is 0 Å². The first-order chi connectivity index (χ1) is 6.43. The lowest BCUT2D eigenvalue weighted by atomic mass is 10.1. The molecule has 15 heavy (non-hydrogen) atoms. The number of halogens is 1. The molecule has 0 spiro atoms. The Balaban J connectivity index is 0.00000196. The molecule has 6 heteroatoms. The molecule has 0 amide bonds. The van der Waals surface area contributed by atoms with Gasteiger partial charge in [0.1, 0.15) is 5.25 Å². The third-order valence-electron chi connectivity index (χ3n) is 1.96. The molecule has 2 unspecified atom stereocenters. The van der Waals surface area contributed by atoms with Crippen LogP contribution in [0.3, 0.4) is 0 Å². The van der Waals surface area contributed by atoms with Gasteiger partial charge in [-0.15, -0.1) is 12.4 Å². The van der Waals surface area contributed by atoms with Crippen molar-refractivity contribution < 1.29 is 8.42 Å². The molecule has 1 rings (SSSR count). The lowest BCUT2D eigenvalue weighted by molar-refractivity contribution is 0.566. The zero-order chi connectivity index (χ0) is 10.8. The van der Waals surface area contributed by atoms with E-state index in [0.29, 0.717) is 5.56 Å². The topological polar surface area (TPSA) is 86.2 Å². The quantitative estimate of drug-likeness (QED) is 0.831. The van der Waals surface area contributed by atoms with Crippen molar-refractivity contribution in [2.45, 2.75) is 18.2 Å². The van der Waals surface area contributed by atoms with E-state index in [1.807, 2.05) is 6.07 Å². The van der Waals surface area contributed by atoms with Gasteiger partial charge in [-0.05, 0) is 12.5 Å². The molecule has 86 valence electrons. The molecule has 0 saturated heterocycles. The van der Waals surface area contributed by atoms with Crippen molar-refractivity contribution >= 4 is 22.4 Å². The molecule has 4 nitrogen and oxygen atoms in total. The summed E-state index contributed by atoms with van der Waals surface area (Å²) in [5.74, 6) is 0. The summed E-state index contributed by atoms with van der Waals surface area (Å²) in [4.78, 5) is 0. The molecule has 0 radical (unpaired) electrons. The summed E-state index contributed by atoms with van der Waals surface area (Å²) >= 11 is 0. The van der Waals surface area contributed by atoms with E-state index in [4.69, 9.17) is 10.9 Å². The molecule has 0 aliphatic carbocycles. The molecule has 2 atom stereocenters. The highest BCUT2D eigenvalue weighted by Crippen LogP contribution is 2.22. The van der Waals surface area contributed by atoms with Gasteiger partial charge in [-0.2, -0.15) is 0 Å². The normalized spacial score (nSPS) is 15.1. The number of hydrogen-bond donors (Lipinski definition) is 2. The molecule has 0 heterocycles. The maximum atomic E-state index is 11.3. The Bertz CT molecular complexity index is 392. The van der Waals surface area contributed by atoms with Crippen molar-refractivity contribution in [3.63, 3.8) is 0 Å². The van der Waals surface area contributed by atoms with Crippen LogP contribution in [-0.4, -0.2) is 14.5 Å². The summed E-state index contributed by atoms with van der Waals surface area (Å²) in [6.45, 7) is 1.63. The van der Waals surface area contributed by atoms with Gasteiger partial charge in [0.15, 0.2) is 0 Å². The second-order valence-electron chi connectivity index (χ2n) is 3.28. The fourth-order valence-electron chi connectivity index (χ4n) is 1.44. The van der Waals surface area contributed by atoms with E-state index < -0.39 is 21.3 Å². The molecule has 0 saturated carbocycles. The minimum atomic E-state index is -3.64. The highest BCUT2D eigenvalue weighted by atomic mass is 35.5. The highest BCUT2D eigenvalue weighted by molar-refractivity contribution is 7.89. The van der Waals surface area contributed by atoms with E-state index in [-0.39, 0.29) is 12.4 Å². The predicted molar refractivity (Wildman–Crippen MR) is 63.2 cm³/mol. The fourth-order valence-corrected chi connectivity index (χ4v) is 2.57. The van der Waals surface area contributed by atoms with Crippen molar-refractivity contribution in [3.8, 4) is 0 Å². The summed E-state index contributed by atoms with van der Waals surface area (Å²) in [6, 6.07) is 8.22. The number of hydrogen-bond acceptors (Lipinski definition) is 3. The minimum Gasteiger partial charge on any atom is -0.326 e. The van der Waals surface area contributed by atoms with Crippen LogP contribution >= 0.6 is 12.4 Å². The third-order valence-corrected chi connectivity index (χ3v) is 3.37. The number of benzene rings is 1. The smallest absolute Gasteiger partial charge is 0.217 e. The van der Waals surface area contributed by atoms with Crippen molar-refractivity contribution in [1.29, 1.82) is 0 Å². The largest absolute Gasteiger partial charge is 0.326 e. The second kappa shape index (κ2) is 5.46. The van der Waals surface area contributed by atoms with Gasteiger partial charge in [0, 0.05) is 6.04 Å². The summed E-state index contributed by atoms with van der Waals surface area (Å²) in [5, 5.41) is 4.27. The molecule has 0 bridgehead atoms. The molecule has 0 aliphatic heterocycles. The average molecular weight is 251 g/mol. The monoisotopic (exact) mass is 250 g/mol. The van der Waals surface area contributed by atoms with E-state index in [1.54, 1.807) is 31.2 Å². The van der Waals surface area contributed by atoms with Crippen LogP contribution in [0.15, 0.2) is 30.3 Å². The Labute approximate surface area is 96.1 Å². The number of rotatable bonds is 3. The van der Waals surface area contributed by atoms with Crippen molar-refractivity contribution in [1.82, 2.24) is 0 Å². The minimum absolute atomic E-state index is 0. The molecule has 1 aromatic rings. The van der Waals surface area contributed by atoms with Gasteiger partial charge in [-0.1, -0.05) is 30.3 Å². The first-order valence-electron chi connectivity index (χ1n) is 4.25. The van der Waals surface area contributed by atoms with Gasteiger partial charge < -0.3 is 5.73 Å². The van der Waals surface area contributed by atoms with E-state index in [9.17, 15) is 8.42 Å². The number of primary sulfonamides is 1. The van der Waals surface area contributed by atoms with Crippen LogP contribution < -0.4 is 10.9 Å². The summed E-state index contributed by atoms with van der Waals surface area (Å²) in [6.07, 6.45) is 0. The van der Waals surface area contributed by atoms with Crippen molar-refractivity contribution in [3.05, 3.63) is 35.9 Å². The molecule has 0 aromatic heterocycles. The molecule has 1 aromatic carbocycles. The van der Waals surface area contributed by atoms with E-state index >= 15 is 0 Å². The van der Waals surface area contributed by atoms with Gasteiger partial charge in [-0.25, -0.2) is 13.6 Å². The van der Waals surface area contributed by atoms with Crippen LogP contribution in [0.2, 0.25) is 0 Å². The Morgan fingerprint density at radius 3 is 2.00 bits per heavy atom. The van der Waals surface area contributed by atoms with Crippen LogP contribution in [0.1, 0.15) is 17.7 Å². The maximum Gasteiger partial charge on any atom is 0.217 e. The lowest BCUT2D eigenvalue weighted by Crippen LogP contribution is -2.34. The highest BCUT2D eigenvalue weighted by Gasteiger charge is 2.26. The van der Waals surface area contributed by atoms with Crippen molar-refractivity contribution in [2.24, 2.45) is 10.9 Å². The average Bonchev–Trinajstić information content (AvgIpc) is 2.02. The molecule has 0 fully saturated rings. The van der Waals surface area contributed by atoms with Gasteiger partial charge in [-0.3, -0.25) is 0 Å². The third kappa shape index (κ3) is 3.79. The summed E-state index contributed by atoms with van der Waals surface area (Å²) in [7, 11) is -3.64. The second-order valence-corrected chi connectivity index (χ2v) is 4.97. The van der Waals surface area contributed by atoms with Gasteiger partial charge in [0.2, 0.25) is 10.0 Å². The zero-order valence-corrected chi connectivity index (χ0v) is 9.96. The lowest BCUT2D eigenvalue weighted by Gasteiger charge is -2.18. The van der Waals surface area contributed by atoms with Crippen LogP contribution in [0.4, 0.5) is 0 Å². The molecule has 0 aliphatic rings. The molecule has 4 N–H and O–H groups in total. The Morgan fingerprint density at radius 1 is 1.20 bits per heavy atom. The van der Waals surface area contributed by atoms with Crippen LogP contribution in [-0.2, 0) is 10.0 Å². The number of nitrogens with two attached hydrogens (primary N) is 2. The summed E-state index contributed by atoms with van der Waals surface area (Å²) in [5.41, 5.74) is 6.23.